The number of benzene rings is 2. The number of halogens is 1. The Labute approximate surface area is 158 Å². The normalized spacial score (nSPS) is 14.7. The van der Waals surface area contributed by atoms with E-state index in [0.29, 0.717) is 21.8 Å². The molecule has 1 aliphatic carbocycles. The zero-order valence-corrected chi connectivity index (χ0v) is 15.6. The molecule has 26 heavy (non-hydrogen) atoms. The van der Waals surface area contributed by atoms with Gasteiger partial charge in [0.15, 0.2) is 0 Å². The molecule has 0 spiro atoms. The molecular formula is C21H23ClN2O2. The molecule has 0 aromatic heterocycles. The Morgan fingerprint density at radius 3 is 2.19 bits per heavy atom. The van der Waals surface area contributed by atoms with Crippen LogP contribution in [-0.4, -0.2) is 17.9 Å². The summed E-state index contributed by atoms with van der Waals surface area (Å²) in [6, 6.07) is 12.4. The van der Waals surface area contributed by atoms with E-state index < -0.39 is 0 Å². The lowest BCUT2D eigenvalue weighted by Crippen LogP contribution is -2.36. The van der Waals surface area contributed by atoms with Crippen molar-refractivity contribution in [1.82, 2.24) is 5.32 Å². The van der Waals surface area contributed by atoms with Crippen LogP contribution in [0.2, 0.25) is 5.02 Å². The number of aryl methyl sites for hydroxylation is 1. The topological polar surface area (TPSA) is 58.2 Å². The predicted molar refractivity (Wildman–Crippen MR) is 105 cm³/mol. The fourth-order valence-electron chi connectivity index (χ4n) is 3.21. The van der Waals surface area contributed by atoms with Crippen molar-refractivity contribution in [2.75, 3.05) is 5.32 Å². The highest BCUT2D eigenvalue weighted by atomic mass is 35.5. The zero-order chi connectivity index (χ0) is 18.5. The minimum Gasteiger partial charge on any atom is -0.349 e. The van der Waals surface area contributed by atoms with E-state index in [2.05, 4.69) is 10.6 Å². The predicted octanol–water partition coefficient (Wildman–Crippen LogP) is 4.96. The molecule has 1 aliphatic rings. The van der Waals surface area contributed by atoms with Crippen LogP contribution < -0.4 is 10.6 Å². The van der Waals surface area contributed by atoms with Gasteiger partial charge in [0.2, 0.25) is 0 Å². The molecule has 136 valence electrons. The fourth-order valence-corrected chi connectivity index (χ4v) is 3.38. The first-order chi connectivity index (χ1) is 12.5. The molecule has 2 N–H and O–H groups in total. The summed E-state index contributed by atoms with van der Waals surface area (Å²) >= 11 is 5.99. The maximum Gasteiger partial charge on any atom is 0.255 e. The largest absolute Gasteiger partial charge is 0.349 e. The number of anilines is 1. The number of hydrogen-bond donors (Lipinski definition) is 2. The standard InChI is InChI=1S/C21H23ClN2O2/c1-14-7-12-17(22)13-19(14)24-21(26)16-10-8-15(9-11-16)20(25)23-18-5-3-2-4-6-18/h7-13,18H,2-6H2,1H3,(H,23,25)(H,24,26). The first-order valence-electron chi connectivity index (χ1n) is 9.01. The van der Waals surface area contributed by atoms with Crippen LogP contribution in [0, 0.1) is 6.92 Å². The molecule has 2 aromatic rings. The third kappa shape index (κ3) is 4.64. The van der Waals surface area contributed by atoms with E-state index in [0.717, 1.165) is 18.4 Å². The summed E-state index contributed by atoms with van der Waals surface area (Å²) in [7, 11) is 0. The van der Waals surface area contributed by atoms with Crippen LogP contribution >= 0.6 is 11.6 Å². The molecule has 1 fully saturated rings. The Bertz CT molecular complexity index is 796. The maximum absolute atomic E-state index is 12.4. The van der Waals surface area contributed by atoms with Gasteiger partial charge < -0.3 is 10.6 Å². The second-order valence-corrected chi connectivity index (χ2v) is 7.24. The van der Waals surface area contributed by atoms with Crippen LogP contribution in [0.4, 0.5) is 5.69 Å². The number of rotatable bonds is 4. The van der Waals surface area contributed by atoms with Crippen molar-refractivity contribution in [2.24, 2.45) is 0 Å². The van der Waals surface area contributed by atoms with E-state index in [9.17, 15) is 9.59 Å². The highest BCUT2D eigenvalue weighted by Crippen LogP contribution is 2.21. The van der Waals surface area contributed by atoms with Gasteiger partial charge in [-0.05, 0) is 61.7 Å². The molecule has 0 radical (unpaired) electrons. The maximum atomic E-state index is 12.4. The van der Waals surface area contributed by atoms with Crippen molar-refractivity contribution in [2.45, 2.75) is 45.1 Å². The van der Waals surface area contributed by atoms with Crippen molar-refractivity contribution in [1.29, 1.82) is 0 Å². The SMILES string of the molecule is Cc1ccc(Cl)cc1NC(=O)c1ccc(C(=O)NC2CCCCC2)cc1. The van der Waals surface area contributed by atoms with Crippen molar-refractivity contribution in [3.63, 3.8) is 0 Å². The number of amides is 2. The van der Waals surface area contributed by atoms with Gasteiger partial charge in [0.05, 0.1) is 0 Å². The van der Waals surface area contributed by atoms with Gasteiger partial charge in [-0.2, -0.15) is 0 Å². The van der Waals surface area contributed by atoms with Crippen LogP contribution in [0.1, 0.15) is 58.4 Å². The van der Waals surface area contributed by atoms with Gasteiger partial charge >= 0.3 is 0 Å². The van der Waals surface area contributed by atoms with Gasteiger partial charge in [-0.3, -0.25) is 9.59 Å². The van der Waals surface area contributed by atoms with Crippen LogP contribution in [-0.2, 0) is 0 Å². The van der Waals surface area contributed by atoms with Gasteiger partial charge in [-0.25, -0.2) is 0 Å². The first kappa shape index (κ1) is 18.5. The molecule has 3 rings (SSSR count). The molecule has 4 nitrogen and oxygen atoms in total. The van der Waals surface area contributed by atoms with Crippen LogP contribution in [0.5, 0.6) is 0 Å². The van der Waals surface area contributed by atoms with Gasteiger partial charge in [-0.15, -0.1) is 0 Å². The van der Waals surface area contributed by atoms with Gasteiger partial charge in [-0.1, -0.05) is 36.9 Å². The summed E-state index contributed by atoms with van der Waals surface area (Å²) in [5.74, 6) is -0.302. The van der Waals surface area contributed by atoms with E-state index in [4.69, 9.17) is 11.6 Å². The Hall–Kier alpha value is -2.33. The van der Waals surface area contributed by atoms with Crippen LogP contribution in [0.3, 0.4) is 0 Å². The summed E-state index contributed by atoms with van der Waals surface area (Å²) in [4.78, 5) is 24.8. The van der Waals surface area contributed by atoms with Crippen molar-refractivity contribution >= 4 is 29.1 Å². The molecule has 0 unspecified atom stereocenters. The fraction of sp³-hybridized carbons (Fsp3) is 0.333. The average molecular weight is 371 g/mol. The van der Waals surface area contributed by atoms with Crippen LogP contribution in [0.25, 0.3) is 0 Å². The highest BCUT2D eigenvalue weighted by Gasteiger charge is 2.17. The highest BCUT2D eigenvalue weighted by molar-refractivity contribution is 6.31. The van der Waals surface area contributed by atoms with E-state index in [1.54, 1.807) is 36.4 Å². The third-order valence-corrected chi connectivity index (χ3v) is 5.03. The lowest BCUT2D eigenvalue weighted by Gasteiger charge is -2.22. The molecule has 2 aromatic carbocycles. The molecule has 1 saturated carbocycles. The Morgan fingerprint density at radius 1 is 0.923 bits per heavy atom. The molecule has 0 aliphatic heterocycles. The summed E-state index contributed by atoms with van der Waals surface area (Å²) in [6.45, 7) is 1.91. The second kappa shape index (κ2) is 8.37. The quantitative estimate of drug-likeness (QED) is 0.798. The second-order valence-electron chi connectivity index (χ2n) is 6.80. The van der Waals surface area contributed by atoms with Crippen molar-refractivity contribution in [3.05, 3.63) is 64.2 Å². The summed E-state index contributed by atoms with van der Waals surface area (Å²) < 4.78 is 0. The Kier molecular flexibility index (Phi) is 5.94. The average Bonchev–Trinajstić information content (AvgIpc) is 2.65. The Balaban J connectivity index is 1.63. The minimum atomic E-state index is -0.227. The van der Waals surface area contributed by atoms with E-state index in [1.165, 1.54) is 19.3 Å². The number of carbonyl (C=O) groups excluding carboxylic acids is 2. The number of carbonyl (C=O) groups is 2. The number of hydrogen-bond acceptors (Lipinski definition) is 2. The van der Waals surface area contributed by atoms with Crippen molar-refractivity contribution < 1.29 is 9.59 Å². The molecule has 2 amide bonds. The molecule has 0 bridgehead atoms. The van der Waals surface area contributed by atoms with Crippen molar-refractivity contribution in [3.8, 4) is 0 Å². The lowest BCUT2D eigenvalue weighted by molar-refractivity contribution is 0.0926. The summed E-state index contributed by atoms with van der Waals surface area (Å²) in [5.41, 5.74) is 2.69. The molecular weight excluding hydrogens is 348 g/mol. The summed E-state index contributed by atoms with van der Waals surface area (Å²) in [6.07, 6.45) is 5.69. The molecule has 0 atom stereocenters. The molecule has 0 heterocycles. The summed E-state index contributed by atoms with van der Waals surface area (Å²) in [5, 5.41) is 6.51. The Morgan fingerprint density at radius 2 is 1.54 bits per heavy atom. The van der Waals surface area contributed by atoms with E-state index in [-0.39, 0.29) is 17.9 Å². The van der Waals surface area contributed by atoms with Crippen LogP contribution in [0.15, 0.2) is 42.5 Å². The van der Waals surface area contributed by atoms with Gasteiger partial charge in [0.25, 0.3) is 11.8 Å². The number of nitrogens with one attached hydrogen (secondary N) is 2. The first-order valence-corrected chi connectivity index (χ1v) is 9.39. The third-order valence-electron chi connectivity index (χ3n) is 4.80. The van der Waals surface area contributed by atoms with Gasteiger partial charge in [0.1, 0.15) is 0 Å². The molecule has 0 saturated heterocycles. The molecule has 5 heteroatoms. The lowest BCUT2D eigenvalue weighted by atomic mass is 9.95. The monoisotopic (exact) mass is 370 g/mol. The van der Waals surface area contributed by atoms with E-state index in [1.807, 2.05) is 13.0 Å². The minimum absolute atomic E-state index is 0.0745. The van der Waals surface area contributed by atoms with Gasteiger partial charge in [0, 0.05) is 27.9 Å². The van der Waals surface area contributed by atoms with E-state index >= 15 is 0 Å². The zero-order valence-electron chi connectivity index (χ0n) is 14.8. The smallest absolute Gasteiger partial charge is 0.255 e.